The van der Waals surface area contributed by atoms with Crippen molar-refractivity contribution in [2.45, 2.75) is 39.0 Å². The van der Waals surface area contributed by atoms with Crippen molar-refractivity contribution in [1.82, 2.24) is 24.8 Å². The number of hydrogen-bond acceptors (Lipinski definition) is 6. The zero-order valence-corrected chi connectivity index (χ0v) is 12.3. The molecule has 0 amide bonds. The Morgan fingerprint density at radius 2 is 2.38 bits per heavy atom. The van der Waals surface area contributed by atoms with Crippen molar-refractivity contribution >= 4 is 0 Å². The third-order valence-corrected chi connectivity index (χ3v) is 3.51. The average Bonchev–Trinajstić information content (AvgIpc) is 3.12. The summed E-state index contributed by atoms with van der Waals surface area (Å²) in [5.74, 6) is 1.49. The highest BCUT2D eigenvalue weighted by molar-refractivity contribution is 4.88. The first-order valence-electron chi connectivity index (χ1n) is 7.46. The van der Waals surface area contributed by atoms with Crippen molar-refractivity contribution < 1.29 is 9.26 Å². The number of morpholine rings is 1. The molecule has 3 rings (SSSR count). The van der Waals surface area contributed by atoms with Gasteiger partial charge in [-0.2, -0.15) is 10.1 Å². The molecule has 0 radical (unpaired) electrons. The van der Waals surface area contributed by atoms with Crippen LogP contribution in [0, 0.1) is 0 Å². The second kappa shape index (κ2) is 6.82. The van der Waals surface area contributed by atoms with Crippen LogP contribution < -0.4 is 0 Å². The van der Waals surface area contributed by atoms with Crippen LogP contribution >= 0.6 is 0 Å². The van der Waals surface area contributed by atoms with E-state index in [9.17, 15) is 0 Å². The van der Waals surface area contributed by atoms with Crippen LogP contribution in [0.3, 0.4) is 0 Å². The van der Waals surface area contributed by atoms with Gasteiger partial charge in [-0.15, -0.1) is 0 Å². The Balaban J connectivity index is 1.53. The highest BCUT2D eigenvalue weighted by Crippen LogP contribution is 2.11. The third-order valence-electron chi connectivity index (χ3n) is 3.51. The fourth-order valence-corrected chi connectivity index (χ4v) is 2.52. The lowest BCUT2D eigenvalue weighted by atomic mass is 10.2. The number of ether oxygens (including phenoxy) is 1. The Morgan fingerprint density at radius 3 is 3.19 bits per heavy atom. The van der Waals surface area contributed by atoms with Crippen LogP contribution in [-0.4, -0.2) is 50.6 Å². The van der Waals surface area contributed by atoms with Gasteiger partial charge in [-0.25, -0.2) is 0 Å². The minimum Gasteiger partial charge on any atom is -0.374 e. The van der Waals surface area contributed by atoms with Crippen LogP contribution in [0.5, 0.6) is 0 Å². The molecule has 1 saturated heterocycles. The molecular formula is C14H21N5O2. The molecule has 0 aromatic carbocycles. The maximum atomic E-state index is 5.80. The molecule has 0 saturated carbocycles. The van der Waals surface area contributed by atoms with E-state index in [0.29, 0.717) is 6.54 Å². The van der Waals surface area contributed by atoms with Gasteiger partial charge < -0.3 is 9.26 Å². The van der Waals surface area contributed by atoms with Gasteiger partial charge in [0.25, 0.3) is 0 Å². The molecule has 0 aliphatic carbocycles. The number of nitrogens with zero attached hydrogens (tertiary/aromatic N) is 5. The zero-order chi connectivity index (χ0) is 14.5. The monoisotopic (exact) mass is 291 g/mol. The van der Waals surface area contributed by atoms with E-state index in [2.05, 4.69) is 27.1 Å². The van der Waals surface area contributed by atoms with E-state index in [1.165, 1.54) is 0 Å². The summed E-state index contributed by atoms with van der Waals surface area (Å²) in [6.07, 6.45) is 5.76. The lowest BCUT2D eigenvalue weighted by molar-refractivity contribution is -0.0410. The second-order valence-corrected chi connectivity index (χ2v) is 5.31. The maximum absolute atomic E-state index is 5.80. The van der Waals surface area contributed by atoms with Gasteiger partial charge in [0.1, 0.15) is 0 Å². The summed E-state index contributed by atoms with van der Waals surface area (Å²) in [5, 5.41) is 8.27. The summed E-state index contributed by atoms with van der Waals surface area (Å²) in [4.78, 5) is 6.72. The fraction of sp³-hybridized carbons (Fsp3) is 0.643. The lowest BCUT2D eigenvalue weighted by Crippen LogP contribution is -2.43. The van der Waals surface area contributed by atoms with Crippen molar-refractivity contribution in [1.29, 1.82) is 0 Å². The first kappa shape index (κ1) is 14.2. The summed E-state index contributed by atoms with van der Waals surface area (Å²) < 4.78 is 12.9. The molecule has 1 atom stereocenters. The number of hydrogen-bond donors (Lipinski definition) is 0. The first-order chi connectivity index (χ1) is 10.3. The van der Waals surface area contributed by atoms with Crippen molar-refractivity contribution in [3.05, 3.63) is 30.2 Å². The van der Waals surface area contributed by atoms with Crippen LogP contribution in [-0.2, 0) is 24.2 Å². The van der Waals surface area contributed by atoms with Gasteiger partial charge in [0.15, 0.2) is 5.82 Å². The van der Waals surface area contributed by atoms with Gasteiger partial charge in [-0.1, -0.05) is 12.1 Å². The lowest BCUT2D eigenvalue weighted by Gasteiger charge is -2.31. The minimum absolute atomic E-state index is 0.153. The van der Waals surface area contributed by atoms with Gasteiger partial charge in [0, 0.05) is 31.9 Å². The van der Waals surface area contributed by atoms with Crippen molar-refractivity contribution in [2.75, 3.05) is 19.7 Å². The molecule has 0 spiro atoms. The number of aryl methyl sites for hydroxylation is 1. The van der Waals surface area contributed by atoms with E-state index in [0.717, 1.165) is 50.8 Å². The minimum atomic E-state index is 0.153. The summed E-state index contributed by atoms with van der Waals surface area (Å²) in [5.41, 5.74) is 0. The topological polar surface area (TPSA) is 69.2 Å². The summed E-state index contributed by atoms with van der Waals surface area (Å²) in [6, 6.07) is 1.93. The van der Waals surface area contributed by atoms with Crippen LogP contribution in [0.15, 0.2) is 23.0 Å². The van der Waals surface area contributed by atoms with E-state index < -0.39 is 0 Å². The highest BCUT2D eigenvalue weighted by Gasteiger charge is 2.22. The van der Waals surface area contributed by atoms with Gasteiger partial charge in [0.2, 0.25) is 5.89 Å². The van der Waals surface area contributed by atoms with E-state index in [1.807, 2.05) is 16.9 Å². The van der Waals surface area contributed by atoms with Gasteiger partial charge in [-0.3, -0.25) is 9.58 Å². The molecule has 0 N–H and O–H groups in total. The molecular weight excluding hydrogens is 270 g/mol. The smallest absolute Gasteiger partial charge is 0.226 e. The molecule has 21 heavy (non-hydrogen) atoms. The molecule has 7 nitrogen and oxygen atoms in total. The molecule has 114 valence electrons. The maximum Gasteiger partial charge on any atom is 0.226 e. The van der Waals surface area contributed by atoms with Gasteiger partial charge in [0.05, 0.1) is 25.8 Å². The SMILES string of the molecule is CCCc1nc(CN2CCO[C@@H](Cn3cccn3)C2)no1. The van der Waals surface area contributed by atoms with E-state index >= 15 is 0 Å². The Hall–Kier alpha value is -1.73. The molecule has 3 heterocycles. The van der Waals surface area contributed by atoms with E-state index in [4.69, 9.17) is 9.26 Å². The van der Waals surface area contributed by atoms with Crippen LogP contribution in [0.4, 0.5) is 0 Å². The number of rotatable bonds is 6. The summed E-state index contributed by atoms with van der Waals surface area (Å²) >= 11 is 0. The Kier molecular flexibility index (Phi) is 4.62. The first-order valence-corrected chi connectivity index (χ1v) is 7.46. The largest absolute Gasteiger partial charge is 0.374 e. The van der Waals surface area contributed by atoms with E-state index in [1.54, 1.807) is 6.20 Å². The predicted molar refractivity (Wildman–Crippen MR) is 75.5 cm³/mol. The zero-order valence-electron chi connectivity index (χ0n) is 12.3. The Morgan fingerprint density at radius 1 is 1.43 bits per heavy atom. The molecule has 2 aromatic heterocycles. The summed E-state index contributed by atoms with van der Waals surface area (Å²) in [6.45, 7) is 6.07. The molecule has 0 bridgehead atoms. The molecule has 2 aromatic rings. The second-order valence-electron chi connectivity index (χ2n) is 5.31. The quantitative estimate of drug-likeness (QED) is 0.794. The van der Waals surface area contributed by atoms with Gasteiger partial charge >= 0.3 is 0 Å². The highest BCUT2D eigenvalue weighted by atomic mass is 16.5. The predicted octanol–water partition coefficient (Wildman–Crippen LogP) is 1.12. The molecule has 0 unspecified atom stereocenters. The molecule has 1 fully saturated rings. The third kappa shape index (κ3) is 3.89. The fourth-order valence-electron chi connectivity index (χ4n) is 2.52. The normalized spacial score (nSPS) is 20.0. The standard InChI is InChI=1S/C14H21N5O2/c1-2-4-14-16-13(17-21-14)11-18-7-8-20-12(9-18)10-19-6-3-5-15-19/h3,5-6,12H,2,4,7-11H2,1H3/t12-/m1/s1. The molecule has 1 aliphatic heterocycles. The van der Waals surface area contributed by atoms with Gasteiger partial charge in [-0.05, 0) is 12.5 Å². The number of aromatic nitrogens is 4. The van der Waals surface area contributed by atoms with E-state index in [-0.39, 0.29) is 6.10 Å². The van der Waals surface area contributed by atoms with Crippen LogP contribution in [0.2, 0.25) is 0 Å². The van der Waals surface area contributed by atoms with Crippen molar-refractivity contribution in [3.63, 3.8) is 0 Å². The van der Waals surface area contributed by atoms with Crippen LogP contribution in [0.1, 0.15) is 25.1 Å². The van der Waals surface area contributed by atoms with Crippen molar-refractivity contribution in [3.8, 4) is 0 Å². The molecule has 7 heteroatoms. The molecule has 1 aliphatic rings. The Bertz CT molecular complexity index is 539. The average molecular weight is 291 g/mol. The van der Waals surface area contributed by atoms with Crippen LogP contribution in [0.25, 0.3) is 0 Å². The van der Waals surface area contributed by atoms with Crippen molar-refractivity contribution in [2.24, 2.45) is 0 Å². The summed E-state index contributed by atoms with van der Waals surface area (Å²) in [7, 11) is 0. The Labute approximate surface area is 123 Å².